The molecule has 14 heavy (non-hydrogen) atoms. The molecule has 1 N–H and O–H groups in total. The zero-order chi connectivity index (χ0) is 10.6. The number of nitrogens with zero attached hydrogens (tertiary/aromatic N) is 1. The maximum absolute atomic E-state index is 10.3. The number of rotatable bonds is 5. The Bertz CT molecular complexity index is 304. The lowest BCUT2D eigenvalue weighted by Gasteiger charge is -1.95. The van der Waals surface area contributed by atoms with Crippen LogP contribution in [0, 0.1) is 0 Å². The molecule has 0 bridgehead atoms. The van der Waals surface area contributed by atoms with Crippen molar-refractivity contribution >= 4 is 5.97 Å². The Kier molecular flexibility index (Phi) is 3.68. The van der Waals surface area contributed by atoms with Crippen molar-refractivity contribution in [2.45, 2.75) is 39.0 Å². The van der Waals surface area contributed by atoms with Gasteiger partial charge < -0.3 is 9.52 Å². The molecule has 4 heteroatoms. The van der Waals surface area contributed by atoms with Crippen molar-refractivity contribution in [2.24, 2.45) is 0 Å². The minimum Gasteiger partial charge on any atom is -0.481 e. The second kappa shape index (κ2) is 4.79. The van der Waals surface area contributed by atoms with E-state index in [9.17, 15) is 4.79 Å². The van der Waals surface area contributed by atoms with Gasteiger partial charge in [-0.25, -0.2) is 4.98 Å². The molecule has 1 aromatic heterocycles. The van der Waals surface area contributed by atoms with E-state index < -0.39 is 5.97 Å². The van der Waals surface area contributed by atoms with Gasteiger partial charge in [-0.1, -0.05) is 13.8 Å². The summed E-state index contributed by atoms with van der Waals surface area (Å²) in [6.45, 7) is 4.08. The van der Waals surface area contributed by atoms with Crippen LogP contribution in [0.15, 0.2) is 10.7 Å². The van der Waals surface area contributed by atoms with E-state index >= 15 is 0 Å². The topological polar surface area (TPSA) is 63.3 Å². The molecule has 0 saturated carbocycles. The van der Waals surface area contributed by atoms with Crippen molar-refractivity contribution in [3.63, 3.8) is 0 Å². The van der Waals surface area contributed by atoms with Crippen molar-refractivity contribution < 1.29 is 14.3 Å². The summed E-state index contributed by atoms with van der Waals surface area (Å²) >= 11 is 0. The third-order valence-electron chi connectivity index (χ3n) is 1.94. The summed E-state index contributed by atoms with van der Waals surface area (Å²) < 4.78 is 5.20. The van der Waals surface area contributed by atoms with E-state index in [-0.39, 0.29) is 6.42 Å². The van der Waals surface area contributed by atoms with Gasteiger partial charge in [0, 0.05) is 12.8 Å². The van der Waals surface area contributed by atoms with Crippen molar-refractivity contribution in [1.29, 1.82) is 0 Å². The summed E-state index contributed by atoms with van der Waals surface area (Å²) in [4.78, 5) is 14.5. The number of aryl methyl sites for hydroxylation is 1. The largest absolute Gasteiger partial charge is 0.481 e. The number of carboxylic acids is 1. The predicted molar refractivity (Wildman–Crippen MR) is 51.2 cm³/mol. The average Bonchev–Trinajstić information content (AvgIpc) is 2.52. The third-order valence-corrected chi connectivity index (χ3v) is 1.94. The molecule has 0 atom stereocenters. The molecule has 1 rings (SSSR count). The molecule has 0 aliphatic rings. The van der Waals surface area contributed by atoms with E-state index in [0.717, 1.165) is 5.69 Å². The van der Waals surface area contributed by atoms with E-state index in [0.29, 0.717) is 24.7 Å². The number of carbonyl (C=O) groups is 1. The van der Waals surface area contributed by atoms with Gasteiger partial charge in [0.2, 0.25) is 0 Å². The van der Waals surface area contributed by atoms with E-state index in [1.165, 1.54) is 0 Å². The van der Waals surface area contributed by atoms with Crippen LogP contribution >= 0.6 is 0 Å². The molecule has 4 nitrogen and oxygen atoms in total. The number of aromatic nitrogens is 1. The second-order valence-corrected chi connectivity index (χ2v) is 3.57. The lowest BCUT2D eigenvalue weighted by atomic mass is 10.2. The maximum atomic E-state index is 10.3. The number of aliphatic carboxylic acids is 1. The highest BCUT2D eigenvalue weighted by Crippen LogP contribution is 2.14. The molecule has 78 valence electrons. The van der Waals surface area contributed by atoms with Gasteiger partial charge in [0.25, 0.3) is 0 Å². The zero-order valence-electron chi connectivity index (χ0n) is 8.49. The van der Waals surface area contributed by atoms with Crippen LogP contribution in [0.5, 0.6) is 0 Å². The van der Waals surface area contributed by atoms with Crippen LogP contribution in [-0.4, -0.2) is 16.1 Å². The summed E-state index contributed by atoms with van der Waals surface area (Å²) in [7, 11) is 0. The third kappa shape index (κ3) is 3.20. The van der Waals surface area contributed by atoms with Crippen molar-refractivity contribution in [3.05, 3.63) is 17.8 Å². The molecule has 1 heterocycles. The van der Waals surface area contributed by atoms with E-state index in [1.807, 2.05) is 13.8 Å². The first-order chi connectivity index (χ1) is 6.59. The molecule has 1 aromatic rings. The van der Waals surface area contributed by atoms with Crippen LogP contribution in [0.3, 0.4) is 0 Å². The van der Waals surface area contributed by atoms with Gasteiger partial charge in [-0.15, -0.1) is 0 Å². The molecule has 0 fully saturated rings. The van der Waals surface area contributed by atoms with Gasteiger partial charge in [-0.3, -0.25) is 4.79 Å². The molecule has 0 saturated heterocycles. The lowest BCUT2D eigenvalue weighted by molar-refractivity contribution is -0.137. The summed E-state index contributed by atoms with van der Waals surface area (Å²) in [5.41, 5.74) is 0.926. The standard InChI is InChI=1S/C10H15NO3/c1-7(2)8-6-14-9(11-8)4-3-5-10(12)13/h6-7H,3-5H2,1-2H3,(H,12,13). The SMILES string of the molecule is CC(C)c1coc(CCCC(=O)O)n1. The second-order valence-electron chi connectivity index (χ2n) is 3.57. The van der Waals surface area contributed by atoms with Gasteiger partial charge in [-0.05, 0) is 12.3 Å². The molecule has 0 aliphatic carbocycles. The molecule has 0 spiro atoms. The Hall–Kier alpha value is -1.32. The normalized spacial score (nSPS) is 10.8. The van der Waals surface area contributed by atoms with Crippen LogP contribution in [0.2, 0.25) is 0 Å². The Balaban J connectivity index is 2.40. The molecule has 0 amide bonds. The minimum atomic E-state index is -0.777. The molecular formula is C10H15NO3. The van der Waals surface area contributed by atoms with Crippen molar-refractivity contribution in [1.82, 2.24) is 4.98 Å². The van der Waals surface area contributed by atoms with Crippen molar-refractivity contribution in [2.75, 3.05) is 0 Å². The number of hydrogen-bond acceptors (Lipinski definition) is 3. The van der Waals surface area contributed by atoms with Gasteiger partial charge in [0.1, 0.15) is 6.26 Å². The average molecular weight is 197 g/mol. The number of carboxylic acid groups (broad SMARTS) is 1. The Labute approximate surface area is 83.0 Å². The van der Waals surface area contributed by atoms with E-state index in [1.54, 1.807) is 6.26 Å². The zero-order valence-corrected chi connectivity index (χ0v) is 8.49. The Morgan fingerprint density at radius 2 is 2.36 bits per heavy atom. The first-order valence-corrected chi connectivity index (χ1v) is 4.75. The molecular weight excluding hydrogens is 182 g/mol. The van der Waals surface area contributed by atoms with Gasteiger partial charge in [0.05, 0.1) is 5.69 Å². The fraction of sp³-hybridized carbons (Fsp3) is 0.600. The van der Waals surface area contributed by atoms with Gasteiger partial charge >= 0.3 is 5.97 Å². The van der Waals surface area contributed by atoms with Gasteiger partial charge in [0.15, 0.2) is 5.89 Å². The highest BCUT2D eigenvalue weighted by molar-refractivity contribution is 5.66. The fourth-order valence-electron chi connectivity index (χ4n) is 1.10. The summed E-state index contributed by atoms with van der Waals surface area (Å²) in [5, 5.41) is 8.43. The monoisotopic (exact) mass is 197 g/mol. The van der Waals surface area contributed by atoms with Crippen molar-refractivity contribution in [3.8, 4) is 0 Å². The summed E-state index contributed by atoms with van der Waals surface area (Å²) in [6.07, 6.45) is 2.98. The van der Waals surface area contributed by atoms with Crippen LogP contribution in [0.1, 0.15) is 44.2 Å². The van der Waals surface area contributed by atoms with Gasteiger partial charge in [-0.2, -0.15) is 0 Å². The summed E-state index contributed by atoms with van der Waals surface area (Å²) in [5.74, 6) is 0.211. The quantitative estimate of drug-likeness (QED) is 0.786. The highest BCUT2D eigenvalue weighted by Gasteiger charge is 2.07. The first-order valence-electron chi connectivity index (χ1n) is 4.75. The minimum absolute atomic E-state index is 0.166. The number of hydrogen-bond donors (Lipinski definition) is 1. The lowest BCUT2D eigenvalue weighted by Crippen LogP contribution is -1.96. The maximum Gasteiger partial charge on any atom is 0.303 e. The molecule has 0 unspecified atom stereocenters. The van der Waals surface area contributed by atoms with Crippen LogP contribution in [0.4, 0.5) is 0 Å². The molecule has 0 aromatic carbocycles. The van der Waals surface area contributed by atoms with Crippen LogP contribution < -0.4 is 0 Å². The summed E-state index contributed by atoms with van der Waals surface area (Å²) in [6, 6.07) is 0. The Morgan fingerprint density at radius 3 is 2.86 bits per heavy atom. The Morgan fingerprint density at radius 1 is 1.64 bits per heavy atom. The highest BCUT2D eigenvalue weighted by atomic mass is 16.4. The van der Waals surface area contributed by atoms with Crippen LogP contribution in [0.25, 0.3) is 0 Å². The van der Waals surface area contributed by atoms with Crippen LogP contribution in [-0.2, 0) is 11.2 Å². The predicted octanol–water partition coefficient (Wildman–Crippen LogP) is 2.21. The molecule has 0 radical (unpaired) electrons. The first kappa shape index (κ1) is 10.8. The van der Waals surface area contributed by atoms with E-state index in [2.05, 4.69) is 4.98 Å². The fourth-order valence-corrected chi connectivity index (χ4v) is 1.10. The number of oxazole rings is 1. The smallest absolute Gasteiger partial charge is 0.303 e. The molecule has 0 aliphatic heterocycles. The van der Waals surface area contributed by atoms with E-state index in [4.69, 9.17) is 9.52 Å².